The summed E-state index contributed by atoms with van der Waals surface area (Å²) in [6, 6.07) is 7.46. The molecule has 1 fully saturated rings. The van der Waals surface area contributed by atoms with E-state index >= 15 is 0 Å². The van der Waals surface area contributed by atoms with E-state index in [1.165, 1.54) is 0 Å². The zero-order chi connectivity index (χ0) is 17.9. The lowest BCUT2D eigenvalue weighted by molar-refractivity contribution is 0.0792. The van der Waals surface area contributed by atoms with Crippen LogP contribution in [-0.4, -0.2) is 45.9 Å². The average Bonchev–Trinajstić information content (AvgIpc) is 3.35. The summed E-state index contributed by atoms with van der Waals surface area (Å²) in [7, 11) is 0. The van der Waals surface area contributed by atoms with E-state index in [9.17, 15) is 9.59 Å². The van der Waals surface area contributed by atoms with Gasteiger partial charge >= 0.3 is 0 Å². The molecule has 3 heterocycles. The van der Waals surface area contributed by atoms with Gasteiger partial charge in [0.25, 0.3) is 11.8 Å². The van der Waals surface area contributed by atoms with Gasteiger partial charge in [0.15, 0.2) is 0 Å². The highest BCUT2D eigenvalue weighted by molar-refractivity contribution is 5.94. The summed E-state index contributed by atoms with van der Waals surface area (Å²) in [6.07, 6.45) is 3.98. The molecule has 0 bridgehead atoms. The van der Waals surface area contributed by atoms with Gasteiger partial charge < -0.3 is 20.1 Å². The van der Waals surface area contributed by atoms with Crippen molar-refractivity contribution < 1.29 is 9.59 Å². The molecular weight excluding hydrogens is 330 g/mol. The molecule has 0 radical (unpaired) electrons. The fourth-order valence-electron chi connectivity index (χ4n) is 3.44. The number of carbonyl (C=O) groups excluding carboxylic acids is 2. The first kappa shape index (κ1) is 16.8. The highest BCUT2D eigenvalue weighted by atomic mass is 16.2. The van der Waals surface area contributed by atoms with Gasteiger partial charge in [0.2, 0.25) is 0 Å². The van der Waals surface area contributed by atoms with Gasteiger partial charge in [-0.15, -0.1) is 0 Å². The van der Waals surface area contributed by atoms with Crippen LogP contribution in [0, 0.1) is 0 Å². The highest BCUT2D eigenvalue weighted by Crippen LogP contribution is 2.14. The number of amides is 2. The van der Waals surface area contributed by atoms with Gasteiger partial charge in [0.1, 0.15) is 11.5 Å². The lowest BCUT2D eigenvalue weighted by Gasteiger charge is -2.15. The minimum atomic E-state index is -0.177. The summed E-state index contributed by atoms with van der Waals surface area (Å²) in [5, 5.41) is 6.14. The monoisotopic (exact) mass is 353 g/mol. The maximum absolute atomic E-state index is 12.3. The van der Waals surface area contributed by atoms with Crippen LogP contribution in [0.5, 0.6) is 0 Å². The average molecular weight is 353 g/mol. The van der Waals surface area contributed by atoms with E-state index in [0.29, 0.717) is 24.3 Å². The van der Waals surface area contributed by atoms with Crippen molar-refractivity contribution in [1.82, 2.24) is 25.1 Å². The van der Waals surface area contributed by atoms with Crippen molar-refractivity contribution in [2.24, 2.45) is 0 Å². The van der Waals surface area contributed by atoms with Gasteiger partial charge in [-0.25, -0.2) is 4.98 Å². The van der Waals surface area contributed by atoms with Crippen molar-refractivity contribution in [2.75, 3.05) is 19.6 Å². The van der Waals surface area contributed by atoms with Crippen LogP contribution in [0.4, 0.5) is 0 Å². The standard InChI is InChI=1S/C19H23N5O2/c25-18(16-13-24-10-7-20-12-17(24)22-16)21-11-14-3-5-15(6-4-14)19(26)23-8-1-2-9-23/h3-6,13,20H,1-2,7-12H2,(H,21,25). The zero-order valence-corrected chi connectivity index (χ0v) is 14.7. The third kappa shape index (κ3) is 3.48. The van der Waals surface area contributed by atoms with Crippen LogP contribution in [0.25, 0.3) is 0 Å². The van der Waals surface area contributed by atoms with Crippen molar-refractivity contribution in [3.8, 4) is 0 Å². The topological polar surface area (TPSA) is 79.3 Å². The number of fused-ring (bicyclic) bond motifs is 1. The predicted octanol–water partition coefficient (Wildman–Crippen LogP) is 1.15. The molecule has 7 heteroatoms. The molecule has 26 heavy (non-hydrogen) atoms. The first-order valence-corrected chi connectivity index (χ1v) is 9.14. The van der Waals surface area contributed by atoms with Crippen molar-refractivity contribution in [1.29, 1.82) is 0 Å². The van der Waals surface area contributed by atoms with Crippen LogP contribution >= 0.6 is 0 Å². The molecule has 1 aromatic carbocycles. The lowest BCUT2D eigenvalue weighted by Crippen LogP contribution is -2.27. The SMILES string of the molecule is O=C(NCc1ccc(C(=O)N2CCCC2)cc1)c1cn2c(n1)CNCC2. The number of benzene rings is 1. The van der Waals surface area contributed by atoms with Crippen LogP contribution in [-0.2, 0) is 19.6 Å². The Kier molecular flexibility index (Phi) is 4.71. The number of imidazole rings is 1. The molecule has 2 N–H and O–H groups in total. The smallest absolute Gasteiger partial charge is 0.271 e. The highest BCUT2D eigenvalue weighted by Gasteiger charge is 2.19. The second-order valence-corrected chi connectivity index (χ2v) is 6.79. The number of likely N-dealkylation sites (tertiary alicyclic amines) is 1. The maximum atomic E-state index is 12.3. The molecule has 2 aliphatic rings. The molecule has 136 valence electrons. The molecular formula is C19H23N5O2. The van der Waals surface area contributed by atoms with Crippen LogP contribution in [0.15, 0.2) is 30.5 Å². The Morgan fingerprint density at radius 1 is 1.12 bits per heavy atom. The number of hydrogen-bond donors (Lipinski definition) is 2. The number of hydrogen-bond acceptors (Lipinski definition) is 4. The zero-order valence-electron chi connectivity index (χ0n) is 14.7. The van der Waals surface area contributed by atoms with Crippen molar-refractivity contribution in [3.05, 3.63) is 53.1 Å². The number of carbonyl (C=O) groups is 2. The number of nitrogens with zero attached hydrogens (tertiary/aromatic N) is 3. The van der Waals surface area contributed by atoms with Crippen LogP contribution in [0.2, 0.25) is 0 Å². The van der Waals surface area contributed by atoms with Gasteiger partial charge in [-0.3, -0.25) is 9.59 Å². The molecule has 0 spiro atoms. The quantitative estimate of drug-likeness (QED) is 0.864. The summed E-state index contributed by atoms with van der Waals surface area (Å²) < 4.78 is 2.02. The maximum Gasteiger partial charge on any atom is 0.271 e. The first-order chi connectivity index (χ1) is 12.7. The summed E-state index contributed by atoms with van der Waals surface area (Å²) in [4.78, 5) is 30.9. The number of nitrogens with one attached hydrogen (secondary N) is 2. The Balaban J connectivity index is 1.34. The van der Waals surface area contributed by atoms with Gasteiger partial charge in [-0.2, -0.15) is 0 Å². The fraction of sp³-hybridized carbons (Fsp3) is 0.421. The van der Waals surface area contributed by atoms with Gasteiger partial charge in [0.05, 0.1) is 6.54 Å². The van der Waals surface area contributed by atoms with Crippen LogP contribution < -0.4 is 10.6 Å². The van der Waals surface area contributed by atoms with E-state index in [-0.39, 0.29) is 11.8 Å². The van der Waals surface area contributed by atoms with E-state index in [1.807, 2.05) is 39.9 Å². The molecule has 2 amide bonds. The minimum Gasteiger partial charge on any atom is -0.347 e. The van der Waals surface area contributed by atoms with Crippen molar-refractivity contribution >= 4 is 11.8 Å². The van der Waals surface area contributed by atoms with E-state index < -0.39 is 0 Å². The largest absolute Gasteiger partial charge is 0.347 e. The number of aromatic nitrogens is 2. The predicted molar refractivity (Wildman–Crippen MR) is 96.7 cm³/mol. The lowest BCUT2D eigenvalue weighted by atomic mass is 10.1. The molecule has 0 aliphatic carbocycles. The molecule has 1 saturated heterocycles. The van der Waals surface area contributed by atoms with Crippen molar-refractivity contribution in [3.63, 3.8) is 0 Å². The molecule has 2 aromatic rings. The van der Waals surface area contributed by atoms with Gasteiger partial charge in [-0.05, 0) is 30.5 Å². The molecule has 0 saturated carbocycles. The Bertz CT molecular complexity index is 782. The van der Waals surface area contributed by atoms with E-state index in [4.69, 9.17) is 0 Å². The van der Waals surface area contributed by atoms with Crippen molar-refractivity contribution in [2.45, 2.75) is 32.5 Å². The molecule has 2 aliphatic heterocycles. The first-order valence-electron chi connectivity index (χ1n) is 9.14. The molecule has 0 atom stereocenters. The summed E-state index contributed by atoms with van der Waals surface area (Å²) in [5.41, 5.74) is 2.11. The third-order valence-electron chi connectivity index (χ3n) is 4.95. The second kappa shape index (κ2) is 7.29. The fourth-order valence-corrected chi connectivity index (χ4v) is 3.44. The van der Waals surface area contributed by atoms with Crippen LogP contribution in [0.1, 0.15) is 45.1 Å². The Morgan fingerprint density at radius 3 is 2.62 bits per heavy atom. The van der Waals surface area contributed by atoms with Gasteiger partial charge in [0, 0.05) is 44.5 Å². The summed E-state index contributed by atoms with van der Waals surface area (Å²) >= 11 is 0. The summed E-state index contributed by atoms with van der Waals surface area (Å²) in [5.74, 6) is 0.811. The molecule has 1 aromatic heterocycles. The van der Waals surface area contributed by atoms with Crippen LogP contribution in [0.3, 0.4) is 0 Å². The Hall–Kier alpha value is -2.67. The Labute approximate surface area is 152 Å². The summed E-state index contributed by atoms with van der Waals surface area (Å²) in [6.45, 7) is 4.54. The minimum absolute atomic E-state index is 0.0929. The van der Waals surface area contributed by atoms with E-state index in [2.05, 4.69) is 15.6 Å². The molecule has 7 nitrogen and oxygen atoms in total. The number of rotatable bonds is 4. The second-order valence-electron chi connectivity index (χ2n) is 6.79. The normalized spacial score (nSPS) is 16.4. The Morgan fingerprint density at radius 2 is 1.88 bits per heavy atom. The third-order valence-corrected chi connectivity index (χ3v) is 4.95. The van der Waals surface area contributed by atoms with Gasteiger partial charge in [-0.1, -0.05) is 12.1 Å². The van der Waals surface area contributed by atoms with E-state index in [0.717, 1.165) is 50.4 Å². The molecule has 0 unspecified atom stereocenters. The van der Waals surface area contributed by atoms with E-state index in [1.54, 1.807) is 0 Å². The molecule has 4 rings (SSSR count).